The average Bonchev–Trinajstić information content (AvgIpc) is 2.72. The second-order valence-corrected chi connectivity index (χ2v) is 4.63. The second-order valence-electron chi connectivity index (χ2n) is 4.63. The summed E-state index contributed by atoms with van der Waals surface area (Å²) < 4.78 is 12.8. The van der Waals surface area contributed by atoms with E-state index in [4.69, 9.17) is 5.73 Å². The lowest BCUT2D eigenvalue weighted by Gasteiger charge is -2.22. The van der Waals surface area contributed by atoms with Gasteiger partial charge in [0.1, 0.15) is 5.82 Å². The van der Waals surface area contributed by atoms with Gasteiger partial charge in [0.25, 0.3) is 0 Å². The van der Waals surface area contributed by atoms with E-state index in [-0.39, 0.29) is 23.9 Å². The fourth-order valence-electron chi connectivity index (χ4n) is 2.22. The SMILES string of the molecule is CC(CCN)N1CC(c2ccc(F)cc2)NC1=O. The highest BCUT2D eigenvalue weighted by Gasteiger charge is 2.32. The highest BCUT2D eigenvalue weighted by Crippen LogP contribution is 2.22. The van der Waals surface area contributed by atoms with Crippen LogP contribution in [0.4, 0.5) is 9.18 Å². The molecule has 2 unspecified atom stereocenters. The maximum absolute atomic E-state index is 12.8. The van der Waals surface area contributed by atoms with Gasteiger partial charge in [0, 0.05) is 12.6 Å². The first-order chi connectivity index (χ1) is 8.61. The smallest absolute Gasteiger partial charge is 0.318 e. The van der Waals surface area contributed by atoms with Crippen LogP contribution < -0.4 is 11.1 Å². The molecule has 2 atom stereocenters. The zero-order valence-electron chi connectivity index (χ0n) is 10.4. The summed E-state index contributed by atoms with van der Waals surface area (Å²) in [5.41, 5.74) is 6.43. The van der Waals surface area contributed by atoms with Crippen molar-refractivity contribution in [1.82, 2.24) is 10.2 Å². The van der Waals surface area contributed by atoms with Crippen molar-refractivity contribution in [1.29, 1.82) is 0 Å². The van der Waals surface area contributed by atoms with Crippen molar-refractivity contribution in [2.45, 2.75) is 25.4 Å². The van der Waals surface area contributed by atoms with Gasteiger partial charge >= 0.3 is 6.03 Å². The van der Waals surface area contributed by atoms with Crippen molar-refractivity contribution in [3.63, 3.8) is 0 Å². The highest BCUT2D eigenvalue weighted by atomic mass is 19.1. The number of nitrogens with zero attached hydrogens (tertiary/aromatic N) is 1. The summed E-state index contributed by atoms with van der Waals surface area (Å²) in [7, 11) is 0. The molecule has 0 aliphatic carbocycles. The zero-order chi connectivity index (χ0) is 13.1. The molecule has 2 rings (SSSR count). The number of urea groups is 1. The monoisotopic (exact) mass is 251 g/mol. The Bertz CT molecular complexity index is 421. The minimum atomic E-state index is -0.267. The van der Waals surface area contributed by atoms with E-state index in [1.807, 2.05) is 6.92 Å². The van der Waals surface area contributed by atoms with Crippen LogP contribution >= 0.6 is 0 Å². The van der Waals surface area contributed by atoms with Crippen molar-refractivity contribution in [2.24, 2.45) is 5.73 Å². The van der Waals surface area contributed by atoms with Gasteiger partial charge in [-0.05, 0) is 37.6 Å². The second kappa shape index (κ2) is 5.35. The Hall–Kier alpha value is -1.62. The quantitative estimate of drug-likeness (QED) is 0.854. The number of rotatable bonds is 4. The number of nitrogens with two attached hydrogens (primary N) is 1. The normalized spacial score (nSPS) is 20.9. The number of benzene rings is 1. The Labute approximate surface area is 106 Å². The molecule has 18 heavy (non-hydrogen) atoms. The molecule has 0 saturated carbocycles. The minimum Gasteiger partial charge on any atom is -0.330 e. The summed E-state index contributed by atoms with van der Waals surface area (Å²) in [6, 6.07) is 6.21. The van der Waals surface area contributed by atoms with E-state index in [1.165, 1.54) is 12.1 Å². The van der Waals surface area contributed by atoms with Crippen LogP contribution in [0.15, 0.2) is 24.3 Å². The first-order valence-electron chi connectivity index (χ1n) is 6.14. The Morgan fingerprint density at radius 1 is 1.50 bits per heavy atom. The van der Waals surface area contributed by atoms with E-state index in [0.29, 0.717) is 13.1 Å². The Morgan fingerprint density at radius 2 is 2.17 bits per heavy atom. The number of amides is 2. The van der Waals surface area contributed by atoms with Gasteiger partial charge in [0.05, 0.1) is 6.04 Å². The Morgan fingerprint density at radius 3 is 2.78 bits per heavy atom. The van der Waals surface area contributed by atoms with Crippen molar-refractivity contribution < 1.29 is 9.18 Å². The van der Waals surface area contributed by atoms with E-state index in [2.05, 4.69) is 5.32 Å². The Kier molecular flexibility index (Phi) is 3.81. The Balaban J connectivity index is 2.06. The maximum atomic E-state index is 12.8. The topological polar surface area (TPSA) is 58.4 Å². The first-order valence-corrected chi connectivity index (χ1v) is 6.14. The average molecular weight is 251 g/mol. The lowest BCUT2D eigenvalue weighted by atomic mass is 10.1. The van der Waals surface area contributed by atoms with Crippen molar-refractivity contribution >= 4 is 6.03 Å². The molecular formula is C13H18FN3O. The molecule has 5 heteroatoms. The van der Waals surface area contributed by atoms with E-state index in [9.17, 15) is 9.18 Å². The minimum absolute atomic E-state index is 0.0710. The van der Waals surface area contributed by atoms with Crippen molar-refractivity contribution in [2.75, 3.05) is 13.1 Å². The molecule has 0 aromatic heterocycles. The highest BCUT2D eigenvalue weighted by molar-refractivity contribution is 5.77. The summed E-state index contributed by atoms with van der Waals surface area (Å²) >= 11 is 0. The van der Waals surface area contributed by atoms with Gasteiger partial charge in [0.15, 0.2) is 0 Å². The van der Waals surface area contributed by atoms with Crippen LogP contribution in [0, 0.1) is 5.82 Å². The molecule has 0 bridgehead atoms. The number of carbonyl (C=O) groups excluding carboxylic acids is 1. The zero-order valence-corrected chi connectivity index (χ0v) is 10.4. The molecule has 1 aliphatic rings. The fourth-order valence-corrected chi connectivity index (χ4v) is 2.22. The third-order valence-corrected chi connectivity index (χ3v) is 3.33. The van der Waals surface area contributed by atoms with Gasteiger partial charge in [-0.1, -0.05) is 12.1 Å². The first kappa shape index (κ1) is 12.8. The molecule has 0 radical (unpaired) electrons. The molecule has 98 valence electrons. The van der Waals surface area contributed by atoms with Crippen LogP contribution in [0.3, 0.4) is 0 Å². The van der Waals surface area contributed by atoms with Crippen LogP contribution in [0.1, 0.15) is 24.9 Å². The van der Waals surface area contributed by atoms with Crippen LogP contribution in [0.25, 0.3) is 0 Å². The molecule has 3 N–H and O–H groups in total. The lowest BCUT2D eigenvalue weighted by Crippen LogP contribution is -2.37. The van der Waals surface area contributed by atoms with E-state index < -0.39 is 0 Å². The third kappa shape index (κ3) is 2.61. The van der Waals surface area contributed by atoms with Crippen LogP contribution in [0.2, 0.25) is 0 Å². The lowest BCUT2D eigenvalue weighted by molar-refractivity contribution is 0.199. The maximum Gasteiger partial charge on any atom is 0.318 e. The number of hydrogen-bond acceptors (Lipinski definition) is 2. The molecule has 1 aliphatic heterocycles. The van der Waals surface area contributed by atoms with E-state index >= 15 is 0 Å². The van der Waals surface area contributed by atoms with Gasteiger partial charge in [-0.15, -0.1) is 0 Å². The fraction of sp³-hybridized carbons (Fsp3) is 0.462. The molecule has 4 nitrogen and oxygen atoms in total. The standard InChI is InChI=1S/C13H18FN3O/c1-9(6-7-15)17-8-12(16-13(17)18)10-2-4-11(14)5-3-10/h2-5,9,12H,6-8,15H2,1H3,(H,16,18). The van der Waals surface area contributed by atoms with E-state index in [0.717, 1.165) is 12.0 Å². The molecule has 1 aromatic rings. The summed E-state index contributed by atoms with van der Waals surface area (Å²) in [6.07, 6.45) is 0.781. The molecule has 1 saturated heterocycles. The molecule has 1 fully saturated rings. The van der Waals surface area contributed by atoms with Gasteiger partial charge < -0.3 is 16.0 Å². The van der Waals surface area contributed by atoms with Crippen LogP contribution in [0.5, 0.6) is 0 Å². The number of carbonyl (C=O) groups is 1. The van der Waals surface area contributed by atoms with Gasteiger partial charge in [-0.3, -0.25) is 0 Å². The predicted octanol–water partition coefficient (Wildman–Crippen LogP) is 1.63. The summed E-state index contributed by atoms with van der Waals surface area (Å²) in [5, 5.41) is 2.90. The summed E-state index contributed by atoms with van der Waals surface area (Å²) in [5.74, 6) is -0.267. The van der Waals surface area contributed by atoms with Gasteiger partial charge in [0.2, 0.25) is 0 Å². The summed E-state index contributed by atoms with van der Waals surface area (Å²) in [6.45, 7) is 3.15. The molecule has 0 spiro atoms. The van der Waals surface area contributed by atoms with Gasteiger partial charge in [-0.25, -0.2) is 9.18 Å². The third-order valence-electron chi connectivity index (χ3n) is 3.33. The number of nitrogens with one attached hydrogen (secondary N) is 1. The summed E-state index contributed by atoms with van der Waals surface area (Å²) in [4.78, 5) is 13.6. The predicted molar refractivity (Wildman–Crippen MR) is 67.5 cm³/mol. The largest absolute Gasteiger partial charge is 0.330 e. The molecular weight excluding hydrogens is 233 g/mol. The molecule has 1 heterocycles. The van der Waals surface area contributed by atoms with Crippen molar-refractivity contribution in [3.05, 3.63) is 35.6 Å². The number of halogens is 1. The van der Waals surface area contributed by atoms with Crippen LogP contribution in [-0.2, 0) is 0 Å². The van der Waals surface area contributed by atoms with E-state index in [1.54, 1.807) is 17.0 Å². The van der Waals surface area contributed by atoms with Crippen molar-refractivity contribution in [3.8, 4) is 0 Å². The van der Waals surface area contributed by atoms with Crippen LogP contribution in [-0.4, -0.2) is 30.1 Å². The van der Waals surface area contributed by atoms with Gasteiger partial charge in [-0.2, -0.15) is 0 Å². The number of hydrogen-bond donors (Lipinski definition) is 2. The molecule has 2 amide bonds. The molecule has 1 aromatic carbocycles.